The fourth-order valence-corrected chi connectivity index (χ4v) is 4.86. The van der Waals surface area contributed by atoms with Gasteiger partial charge in [0.05, 0.1) is 18.9 Å². The summed E-state index contributed by atoms with van der Waals surface area (Å²) in [5.74, 6) is -2.31. The Morgan fingerprint density at radius 3 is 1.89 bits per heavy atom. The van der Waals surface area contributed by atoms with Gasteiger partial charge in [0.25, 0.3) is 0 Å². The number of hydrogen-bond donors (Lipinski definition) is 6. The summed E-state index contributed by atoms with van der Waals surface area (Å²) in [6, 6.07) is 14.2. The van der Waals surface area contributed by atoms with E-state index >= 15 is 0 Å². The second-order valence-corrected chi connectivity index (χ2v) is 11.0. The smallest absolute Gasteiger partial charge is 0.243 e. The molecule has 1 radical (unpaired) electrons. The van der Waals surface area contributed by atoms with E-state index in [1.165, 1.54) is 0 Å². The minimum absolute atomic E-state index is 0.106. The van der Waals surface area contributed by atoms with E-state index in [1.54, 1.807) is 24.1 Å². The molecule has 4 atom stereocenters. The number of nitrogens with two attached hydrogens (primary N) is 2. The SMILES string of the molecule is Cn1cncc1C[C@H](NC(=O)CN)C(=O)N[C@@H](CCCCN)C(=O)N[C@@H](Cc1ccccc1)C(=O)N[C@H]([C]=O)Cc1ccccc1. The molecular weight excluding hydrogens is 588 g/mol. The van der Waals surface area contributed by atoms with E-state index in [1.807, 2.05) is 66.9 Å². The molecule has 2 aromatic carbocycles. The third-order valence-electron chi connectivity index (χ3n) is 7.40. The number of carbonyl (C=O) groups excluding carboxylic acids is 5. The molecule has 0 saturated heterocycles. The second kappa shape index (κ2) is 18.8. The first-order valence-corrected chi connectivity index (χ1v) is 15.2. The van der Waals surface area contributed by atoms with Crippen molar-refractivity contribution in [3.05, 3.63) is 90.0 Å². The van der Waals surface area contributed by atoms with Crippen LogP contribution in [0.1, 0.15) is 36.1 Å². The normalized spacial score (nSPS) is 13.5. The number of nitrogens with one attached hydrogen (secondary N) is 4. The standard InChI is InChI=1S/C33H43N8O5/c1-41-22-36-20-26(41)18-29(38-30(43)19-35)33(46)39-27(14-8-9-15-34)31(44)40-28(17-24-12-6-3-7-13-24)32(45)37-25(21-42)16-23-10-4-2-5-11-23/h2-7,10-13,20,22,25,27-29H,8-9,14-19,34-35H2,1H3,(H,37,45)(H,38,43)(H,39,46)(H,40,44)/t25-,27-,28-,29-/m0/s1. The maximum absolute atomic E-state index is 13.8. The zero-order valence-corrected chi connectivity index (χ0v) is 26.0. The van der Waals surface area contributed by atoms with E-state index in [-0.39, 0.29) is 32.2 Å². The fourth-order valence-electron chi connectivity index (χ4n) is 4.86. The molecule has 0 aliphatic carbocycles. The van der Waals surface area contributed by atoms with Crippen LogP contribution in [0.15, 0.2) is 73.2 Å². The molecule has 46 heavy (non-hydrogen) atoms. The minimum Gasteiger partial charge on any atom is -0.344 e. The molecule has 0 saturated carbocycles. The Balaban J connectivity index is 1.80. The van der Waals surface area contributed by atoms with Crippen LogP contribution in [-0.4, -0.2) is 76.7 Å². The highest BCUT2D eigenvalue weighted by molar-refractivity contribution is 5.95. The van der Waals surface area contributed by atoms with Crippen LogP contribution in [0.4, 0.5) is 0 Å². The van der Waals surface area contributed by atoms with Crippen molar-refractivity contribution in [2.45, 2.75) is 62.7 Å². The highest BCUT2D eigenvalue weighted by atomic mass is 16.2. The summed E-state index contributed by atoms with van der Waals surface area (Å²) < 4.78 is 1.72. The number of benzene rings is 2. The van der Waals surface area contributed by atoms with E-state index in [9.17, 15) is 24.0 Å². The van der Waals surface area contributed by atoms with Crippen molar-refractivity contribution < 1.29 is 24.0 Å². The number of nitrogens with zero attached hydrogens (tertiary/aromatic N) is 2. The van der Waals surface area contributed by atoms with Gasteiger partial charge in [-0.2, -0.15) is 0 Å². The van der Waals surface area contributed by atoms with Crippen molar-refractivity contribution in [2.24, 2.45) is 18.5 Å². The Hall–Kier alpha value is -4.88. The lowest BCUT2D eigenvalue weighted by Gasteiger charge is -2.26. The molecule has 0 aliphatic heterocycles. The van der Waals surface area contributed by atoms with Crippen molar-refractivity contribution >= 4 is 29.9 Å². The average Bonchev–Trinajstić information content (AvgIpc) is 3.47. The third-order valence-corrected chi connectivity index (χ3v) is 7.40. The number of carbonyl (C=O) groups is 4. The summed E-state index contributed by atoms with van der Waals surface area (Å²) >= 11 is 0. The number of hydrogen-bond acceptors (Lipinski definition) is 8. The van der Waals surface area contributed by atoms with Crippen LogP contribution in [0, 0.1) is 0 Å². The largest absolute Gasteiger partial charge is 0.344 e. The van der Waals surface area contributed by atoms with Gasteiger partial charge in [-0.3, -0.25) is 24.0 Å². The first kappa shape index (κ1) is 35.6. The summed E-state index contributed by atoms with van der Waals surface area (Å²) in [6.45, 7) is 0.0668. The van der Waals surface area contributed by atoms with Gasteiger partial charge in [-0.1, -0.05) is 60.7 Å². The molecule has 8 N–H and O–H groups in total. The molecule has 1 heterocycles. The Morgan fingerprint density at radius 1 is 0.761 bits per heavy atom. The van der Waals surface area contributed by atoms with Gasteiger partial charge < -0.3 is 37.3 Å². The zero-order valence-electron chi connectivity index (χ0n) is 26.0. The summed E-state index contributed by atoms with van der Waals surface area (Å²) in [4.78, 5) is 68.9. The molecule has 1 aromatic heterocycles. The van der Waals surface area contributed by atoms with Crippen molar-refractivity contribution in [3.8, 4) is 0 Å². The van der Waals surface area contributed by atoms with Crippen molar-refractivity contribution in [3.63, 3.8) is 0 Å². The highest BCUT2D eigenvalue weighted by Crippen LogP contribution is 2.09. The van der Waals surface area contributed by atoms with E-state index in [4.69, 9.17) is 11.5 Å². The fraction of sp³-hybridized carbons (Fsp3) is 0.394. The Bertz CT molecular complexity index is 1420. The number of unbranched alkanes of at least 4 members (excludes halogenated alkanes) is 1. The summed E-state index contributed by atoms with van der Waals surface area (Å²) in [5, 5.41) is 10.9. The van der Waals surface area contributed by atoms with E-state index in [2.05, 4.69) is 26.3 Å². The highest BCUT2D eigenvalue weighted by Gasteiger charge is 2.31. The monoisotopic (exact) mass is 631 g/mol. The van der Waals surface area contributed by atoms with Crippen LogP contribution in [-0.2, 0) is 50.3 Å². The summed E-state index contributed by atoms with van der Waals surface area (Å²) in [5.41, 5.74) is 13.5. The topological polar surface area (TPSA) is 203 Å². The zero-order chi connectivity index (χ0) is 33.3. The average molecular weight is 632 g/mol. The lowest BCUT2D eigenvalue weighted by Crippen LogP contribution is -2.58. The van der Waals surface area contributed by atoms with Gasteiger partial charge in [0, 0.05) is 38.2 Å². The van der Waals surface area contributed by atoms with Crippen LogP contribution >= 0.6 is 0 Å². The van der Waals surface area contributed by atoms with E-state index < -0.39 is 47.8 Å². The molecule has 0 bridgehead atoms. The van der Waals surface area contributed by atoms with Crippen LogP contribution < -0.4 is 32.7 Å². The van der Waals surface area contributed by atoms with Crippen LogP contribution in [0.2, 0.25) is 0 Å². The molecule has 4 amide bonds. The van der Waals surface area contributed by atoms with Gasteiger partial charge in [0.15, 0.2) is 0 Å². The Morgan fingerprint density at radius 2 is 1.33 bits per heavy atom. The second-order valence-electron chi connectivity index (χ2n) is 11.0. The number of aryl methyl sites for hydroxylation is 1. The third kappa shape index (κ3) is 11.6. The van der Waals surface area contributed by atoms with Crippen molar-refractivity contribution in [1.29, 1.82) is 0 Å². The van der Waals surface area contributed by atoms with Crippen LogP contribution in [0.5, 0.6) is 0 Å². The number of amides is 4. The van der Waals surface area contributed by atoms with E-state index in [0.29, 0.717) is 25.1 Å². The first-order valence-electron chi connectivity index (χ1n) is 15.2. The molecule has 0 unspecified atom stereocenters. The van der Waals surface area contributed by atoms with Crippen molar-refractivity contribution in [2.75, 3.05) is 13.1 Å². The van der Waals surface area contributed by atoms with Gasteiger partial charge in [0.2, 0.25) is 29.9 Å². The summed E-state index contributed by atoms with van der Waals surface area (Å²) in [7, 11) is 1.76. The predicted octanol–water partition coefficient (Wildman–Crippen LogP) is -0.415. The molecule has 245 valence electrons. The molecular formula is C33H43N8O5. The molecule has 0 aliphatic rings. The van der Waals surface area contributed by atoms with Crippen LogP contribution in [0.25, 0.3) is 0 Å². The molecule has 0 spiro atoms. The maximum Gasteiger partial charge on any atom is 0.243 e. The van der Waals surface area contributed by atoms with Gasteiger partial charge in [0.1, 0.15) is 18.1 Å². The van der Waals surface area contributed by atoms with E-state index in [0.717, 1.165) is 11.1 Å². The first-order chi connectivity index (χ1) is 22.2. The molecule has 3 aromatic rings. The van der Waals surface area contributed by atoms with Gasteiger partial charge in [-0.15, -0.1) is 0 Å². The quantitative estimate of drug-likeness (QED) is 0.0958. The molecule has 13 nitrogen and oxygen atoms in total. The van der Waals surface area contributed by atoms with Gasteiger partial charge >= 0.3 is 0 Å². The molecule has 3 rings (SSSR count). The number of aromatic nitrogens is 2. The number of imidazole rings is 1. The Labute approximate surface area is 268 Å². The molecule has 0 fully saturated rings. The van der Waals surface area contributed by atoms with Crippen molar-refractivity contribution in [1.82, 2.24) is 30.8 Å². The van der Waals surface area contributed by atoms with Gasteiger partial charge in [-0.05, 0) is 36.9 Å². The lowest BCUT2D eigenvalue weighted by atomic mass is 10.0. The maximum atomic E-state index is 13.8. The minimum atomic E-state index is -1.07. The van der Waals surface area contributed by atoms with Crippen LogP contribution in [0.3, 0.4) is 0 Å². The summed E-state index contributed by atoms with van der Waals surface area (Å²) in [6.07, 6.45) is 6.85. The Kier molecular flexibility index (Phi) is 14.6. The predicted molar refractivity (Wildman–Crippen MR) is 173 cm³/mol. The molecule has 13 heteroatoms. The van der Waals surface area contributed by atoms with Gasteiger partial charge in [-0.25, -0.2) is 4.98 Å². The lowest BCUT2D eigenvalue weighted by molar-refractivity contribution is -0.133. The number of rotatable bonds is 19.